The summed E-state index contributed by atoms with van der Waals surface area (Å²) in [4.78, 5) is 18.7. The van der Waals surface area contributed by atoms with Crippen molar-refractivity contribution in [2.45, 2.75) is 44.4 Å². The highest BCUT2D eigenvalue weighted by Crippen LogP contribution is 2.62. The molecule has 2 heterocycles. The zero-order chi connectivity index (χ0) is 16.0. The first-order valence-corrected chi connectivity index (χ1v) is 9.26. The smallest absolute Gasteiger partial charge is 0.315 e. The van der Waals surface area contributed by atoms with Gasteiger partial charge in [0.1, 0.15) is 0 Å². The molecule has 2 aliphatic carbocycles. The number of amides is 2. The van der Waals surface area contributed by atoms with Gasteiger partial charge in [0, 0.05) is 43.5 Å². The van der Waals surface area contributed by atoms with E-state index in [1.54, 1.807) is 11.3 Å². The summed E-state index contributed by atoms with van der Waals surface area (Å²) in [6.45, 7) is 1.32. The quantitative estimate of drug-likeness (QED) is 0.882. The number of ether oxygens (including phenoxy) is 1. The Kier molecular flexibility index (Phi) is 3.72. The number of nitrogens with zero attached hydrogens (tertiary/aromatic N) is 2. The van der Waals surface area contributed by atoms with Crippen LogP contribution in [0.4, 0.5) is 9.93 Å². The minimum atomic E-state index is -0.0778. The third kappa shape index (κ3) is 2.41. The molecule has 7 heteroatoms. The Morgan fingerprint density at radius 2 is 2.35 bits per heavy atom. The number of fused-ring (bicyclic) bond motifs is 2. The Balaban J connectivity index is 1.31. The predicted octanol–water partition coefficient (Wildman–Crippen LogP) is 1.97. The molecule has 3 atom stereocenters. The molecular formula is C16H24N4O2S. The maximum atomic E-state index is 12.3. The fourth-order valence-corrected chi connectivity index (χ4v) is 5.16. The van der Waals surface area contributed by atoms with E-state index in [0.29, 0.717) is 18.6 Å². The zero-order valence-corrected chi connectivity index (χ0v) is 14.5. The average molecular weight is 336 g/mol. The lowest BCUT2D eigenvalue weighted by atomic mass is 9.46. The number of hydrogen-bond donors (Lipinski definition) is 2. The van der Waals surface area contributed by atoms with Crippen molar-refractivity contribution >= 4 is 22.5 Å². The fraction of sp³-hybridized carbons (Fsp3) is 0.750. The molecule has 6 nitrogen and oxygen atoms in total. The molecule has 1 saturated heterocycles. The summed E-state index contributed by atoms with van der Waals surface area (Å²) in [5.74, 6) is 0.515. The maximum Gasteiger partial charge on any atom is 0.315 e. The summed E-state index contributed by atoms with van der Waals surface area (Å²) in [6, 6.07) is 0.211. The summed E-state index contributed by atoms with van der Waals surface area (Å²) >= 11 is 1.59. The van der Waals surface area contributed by atoms with E-state index in [2.05, 4.69) is 15.6 Å². The fourth-order valence-electron chi connectivity index (χ4n) is 4.40. The molecule has 3 aliphatic rings. The molecule has 0 unspecified atom stereocenters. The van der Waals surface area contributed by atoms with Crippen LogP contribution in [0.3, 0.4) is 0 Å². The van der Waals surface area contributed by atoms with Crippen molar-refractivity contribution in [2.24, 2.45) is 11.3 Å². The highest BCUT2D eigenvalue weighted by Gasteiger charge is 2.66. The van der Waals surface area contributed by atoms with Crippen molar-refractivity contribution < 1.29 is 9.53 Å². The van der Waals surface area contributed by atoms with Crippen molar-refractivity contribution in [3.63, 3.8) is 0 Å². The van der Waals surface area contributed by atoms with Crippen LogP contribution in [0.15, 0.2) is 5.38 Å². The number of thiazole rings is 1. The molecule has 1 aromatic heterocycles. The van der Waals surface area contributed by atoms with Crippen LogP contribution in [0.1, 0.15) is 31.4 Å². The normalized spacial score (nSPS) is 30.3. The largest absolute Gasteiger partial charge is 0.377 e. The van der Waals surface area contributed by atoms with Crippen LogP contribution in [0.25, 0.3) is 0 Å². The van der Waals surface area contributed by atoms with Gasteiger partial charge < -0.3 is 20.3 Å². The van der Waals surface area contributed by atoms with Gasteiger partial charge in [-0.3, -0.25) is 0 Å². The number of nitrogens with one attached hydrogen (secondary N) is 2. The molecule has 126 valence electrons. The highest BCUT2D eigenvalue weighted by molar-refractivity contribution is 7.13. The minimum Gasteiger partial charge on any atom is -0.377 e. The van der Waals surface area contributed by atoms with E-state index in [0.717, 1.165) is 23.9 Å². The van der Waals surface area contributed by atoms with E-state index in [1.165, 1.54) is 19.3 Å². The number of hydrogen-bond acceptors (Lipinski definition) is 5. The van der Waals surface area contributed by atoms with Crippen molar-refractivity contribution in [3.8, 4) is 0 Å². The second-order valence-electron chi connectivity index (χ2n) is 7.15. The molecule has 0 bridgehead atoms. The molecule has 1 aromatic rings. The Hall–Kier alpha value is -1.34. The van der Waals surface area contributed by atoms with Gasteiger partial charge in [-0.05, 0) is 19.3 Å². The number of aromatic nitrogens is 1. The van der Waals surface area contributed by atoms with E-state index in [1.807, 2.05) is 24.4 Å². The third-order valence-electron chi connectivity index (χ3n) is 5.67. The molecule has 0 aromatic carbocycles. The first-order valence-electron chi connectivity index (χ1n) is 8.38. The van der Waals surface area contributed by atoms with Crippen LogP contribution in [0, 0.1) is 11.3 Å². The van der Waals surface area contributed by atoms with E-state index >= 15 is 0 Å². The number of carbonyl (C=O) groups excluding carboxylic acids is 1. The van der Waals surface area contributed by atoms with Gasteiger partial charge in [0.05, 0.1) is 18.3 Å². The molecular weight excluding hydrogens is 312 g/mol. The molecule has 3 fully saturated rings. The number of anilines is 1. The van der Waals surface area contributed by atoms with Gasteiger partial charge in [-0.1, -0.05) is 6.42 Å². The van der Waals surface area contributed by atoms with E-state index in [9.17, 15) is 4.79 Å². The van der Waals surface area contributed by atoms with Crippen LogP contribution < -0.4 is 15.5 Å². The Bertz CT molecular complexity index is 599. The van der Waals surface area contributed by atoms with Gasteiger partial charge >= 0.3 is 6.03 Å². The van der Waals surface area contributed by atoms with Crippen molar-refractivity contribution in [1.82, 2.24) is 15.6 Å². The first-order chi connectivity index (χ1) is 11.1. The first kappa shape index (κ1) is 15.2. The SMILES string of the molecule is CN(C)c1nc(CNC(=O)N[C@@H]2[C@@H]3CCO[C@H]3C23CCC3)cs1. The monoisotopic (exact) mass is 336 g/mol. The van der Waals surface area contributed by atoms with Crippen molar-refractivity contribution in [1.29, 1.82) is 0 Å². The molecule has 2 amide bonds. The average Bonchev–Trinajstić information content (AvgIpc) is 3.09. The molecule has 0 radical (unpaired) electrons. The Morgan fingerprint density at radius 1 is 1.52 bits per heavy atom. The molecule has 2 N–H and O–H groups in total. The molecule has 1 spiro atoms. The topological polar surface area (TPSA) is 66.5 Å². The Morgan fingerprint density at radius 3 is 3.00 bits per heavy atom. The minimum absolute atomic E-state index is 0.0778. The van der Waals surface area contributed by atoms with Crippen LogP contribution in [-0.4, -0.2) is 43.9 Å². The highest BCUT2D eigenvalue weighted by atomic mass is 32.1. The van der Waals surface area contributed by atoms with Gasteiger partial charge in [-0.2, -0.15) is 0 Å². The summed E-state index contributed by atoms with van der Waals surface area (Å²) < 4.78 is 5.89. The molecule has 2 saturated carbocycles. The summed E-state index contributed by atoms with van der Waals surface area (Å²) in [6.07, 6.45) is 5.12. The van der Waals surface area contributed by atoms with Crippen molar-refractivity contribution in [3.05, 3.63) is 11.1 Å². The molecule has 1 aliphatic heterocycles. The number of carbonyl (C=O) groups is 1. The summed E-state index contributed by atoms with van der Waals surface area (Å²) in [5.41, 5.74) is 1.14. The van der Waals surface area contributed by atoms with Crippen LogP contribution in [-0.2, 0) is 11.3 Å². The van der Waals surface area contributed by atoms with E-state index < -0.39 is 0 Å². The van der Waals surface area contributed by atoms with Gasteiger partial charge in [0.25, 0.3) is 0 Å². The molecule has 23 heavy (non-hydrogen) atoms. The second kappa shape index (κ2) is 5.63. The van der Waals surface area contributed by atoms with E-state index in [4.69, 9.17) is 4.74 Å². The van der Waals surface area contributed by atoms with Crippen LogP contribution in [0.2, 0.25) is 0 Å². The number of urea groups is 1. The lowest BCUT2D eigenvalue weighted by Gasteiger charge is -2.63. The van der Waals surface area contributed by atoms with Gasteiger partial charge in [-0.15, -0.1) is 11.3 Å². The second-order valence-corrected chi connectivity index (χ2v) is 7.99. The standard InChI is InChI=1S/C16H24N4O2S/c1-20(2)15-18-10(9-23-15)8-17-14(21)19-12-11-4-7-22-13(11)16(12)5-3-6-16/h9,11-13H,3-8H2,1-2H3,(H2,17,19,21)/t11-,12+,13+/m0/s1. The van der Waals surface area contributed by atoms with E-state index in [-0.39, 0.29) is 17.5 Å². The van der Waals surface area contributed by atoms with Crippen LogP contribution in [0.5, 0.6) is 0 Å². The summed E-state index contributed by atoms with van der Waals surface area (Å²) in [5, 5.41) is 9.12. The van der Waals surface area contributed by atoms with Crippen molar-refractivity contribution in [2.75, 3.05) is 25.6 Å². The lowest BCUT2D eigenvalue weighted by Crippen LogP contribution is -2.72. The van der Waals surface area contributed by atoms with Gasteiger partial charge in [0.2, 0.25) is 0 Å². The number of rotatable bonds is 4. The molecule has 4 rings (SSSR count). The summed E-state index contributed by atoms with van der Waals surface area (Å²) in [7, 11) is 3.94. The maximum absolute atomic E-state index is 12.3. The Labute approximate surface area is 140 Å². The predicted molar refractivity (Wildman–Crippen MR) is 89.7 cm³/mol. The van der Waals surface area contributed by atoms with Gasteiger partial charge in [0.15, 0.2) is 5.13 Å². The third-order valence-corrected chi connectivity index (χ3v) is 6.73. The van der Waals surface area contributed by atoms with Gasteiger partial charge in [-0.25, -0.2) is 9.78 Å². The lowest BCUT2D eigenvalue weighted by molar-refractivity contribution is -0.172. The zero-order valence-electron chi connectivity index (χ0n) is 13.7. The van der Waals surface area contributed by atoms with Crippen LogP contribution >= 0.6 is 11.3 Å².